The molecule has 1 aromatic heterocycles. The van der Waals surface area contributed by atoms with Crippen LogP contribution in [0.2, 0.25) is 10.0 Å². The fraction of sp³-hybridized carbons (Fsp3) is 0.200. The standard InChI is InChI=1S/C15H11Br2Cl2N3/c1-8(12-3-2-11(18)6-13(12)19)22-14-5-10(17)4-9(7-16)15(14)20-21-22/h2-6,8H,7H2,1H3/t8-/m1/s1. The third-order valence-electron chi connectivity index (χ3n) is 3.54. The minimum atomic E-state index is -0.0488. The Kier molecular flexibility index (Phi) is 4.78. The van der Waals surface area contributed by atoms with E-state index >= 15 is 0 Å². The lowest BCUT2D eigenvalue weighted by Crippen LogP contribution is -2.09. The van der Waals surface area contributed by atoms with Crippen LogP contribution in [0.3, 0.4) is 0 Å². The third-order valence-corrected chi connectivity index (χ3v) is 5.17. The van der Waals surface area contributed by atoms with Gasteiger partial charge in [-0.1, -0.05) is 66.3 Å². The monoisotopic (exact) mass is 461 g/mol. The van der Waals surface area contributed by atoms with E-state index in [1.165, 1.54) is 0 Å². The highest BCUT2D eigenvalue weighted by molar-refractivity contribution is 9.10. The second-order valence-corrected chi connectivity index (χ2v) is 7.26. The van der Waals surface area contributed by atoms with Crippen molar-refractivity contribution in [1.82, 2.24) is 15.0 Å². The highest BCUT2D eigenvalue weighted by Crippen LogP contribution is 2.31. The minimum Gasteiger partial charge on any atom is -0.237 e. The molecule has 7 heteroatoms. The summed E-state index contributed by atoms with van der Waals surface area (Å²) in [5.74, 6) is 0. The van der Waals surface area contributed by atoms with Gasteiger partial charge in [0, 0.05) is 19.8 Å². The first-order valence-electron chi connectivity index (χ1n) is 6.55. The zero-order valence-corrected chi connectivity index (χ0v) is 16.2. The fourth-order valence-electron chi connectivity index (χ4n) is 2.43. The van der Waals surface area contributed by atoms with Crippen molar-refractivity contribution in [1.29, 1.82) is 0 Å². The van der Waals surface area contributed by atoms with Crippen LogP contribution in [0.4, 0.5) is 0 Å². The predicted molar refractivity (Wildman–Crippen MR) is 98.1 cm³/mol. The van der Waals surface area contributed by atoms with Crippen molar-refractivity contribution in [2.75, 3.05) is 0 Å². The average molecular weight is 464 g/mol. The first kappa shape index (κ1) is 16.2. The summed E-state index contributed by atoms with van der Waals surface area (Å²) in [4.78, 5) is 0. The van der Waals surface area contributed by atoms with Gasteiger partial charge in [0.15, 0.2) is 0 Å². The van der Waals surface area contributed by atoms with Gasteiger partial charge < -0.3 is 0 Å². The molecule has 1 heterocycles. The summed E-state index contributed by atoms with van der Waals surface area (Å²) in [5, 5.41) is 10.6. The number of benzene rings is 2. The molecule has 2 aromatic carbocycles. The van der Waals surface area contributed by atoms with Gasteiger partial charge in [0.05, 0.1) is 11.6 Å². The summed E-state index contributed by atoms with van der Waals surface area (Å²) in [6.07, 6.45) is 0. The lowest BCUT2D eigenvalue weighted by molar-refractivity contribution is 0.560. The lowest BCUT2D eigenvalue weighted by atomic mass is 10.1. The molecule has 0 aliphatic heterocycles. The zero-order valence-electron chi connectivity index (χ0n) is 11.5. The molecule has 22 heavy (non-hydrogen) atoms. The van der Waals surface area contributed by atoms with Gasteiger partial charge in [0.25, 0.3) is 0 Å². The van der Waals surface area contributed by atoms with Crippen LogP contribution in [0, 0.1) is 0 Å². The van der Waals surface area contributed by atoms with E-state index in [0.29, 0.717) is 10.0 Å². The molecule has 0 fully saturated rings. The molecule has 3 rings (SSSR count). The number of halogens is 4. The molecule has 0 bridgehead atoms. The summed E-state index contributed by atoms with van der Waals surface area (Å²) in [7, 11) is 0. The van der Waals surface area contributed by atoms with E-state index in [1.807, 2.05) is 35.9 Å². The van der Waals surface area contributed by atoms with E-state index in [-0.39, 0.29) is 6.04 Å². The van der Waals surface area contributed by atoms with E-state index in [0.717, 1.165) is 32.0 Å². The Hall–Kier alpha value is -0.620. The Balaban J connectivity index is 2.15. The van der Waals surface area contributed by atoms with Crippen molar-refractivity contribution in [3.8, 4) is 0 Å². The quantitative estimate of drug-likeness (QED) is 0.446. The molecule has 1 atom stereocenters. The number of alkyl halides is 1. The van der Waals surface area contributed by atoms with Crippen molar-refractivity contribution in [2.24, 2.45) is 0 Å². The summed E-state index contributed by atoms with van der Waals surface area (Å²) >= 11 is 19.3. The van der Waals surface area contributed by atoms with Crippen LogP contribution in [-0.2, 0) is 5.33 Å². The van der Waals surface area contributed by atoms with Gasteiger partial charge in [-0.3, -0.25) is 0 Å². The Labute approximate surface area is 154 Å². The molecule has 0 amide bonds. The van der Waals surface area contributed by atoms with E-state index in [1.54, 1.807) is 6.07 Å². The van der Waals surface area contributed by atoms with Crippen molar-refractivity contribution in [3.05, 3.63) is 56.0 Å². The van der Waals surface area contributed by atoms with Gasteiger partial charge >= 0.3 is 0 Å². The first-order chi connectivity index (χ1) is 10.5. The van der Waals surface area contributed by atoms with Crippen LogP contribution in [0.5, 0.6) is 0 Å². The maximum atomic E-state index is 6.32. The molecule has 0 unspecified atom stereocenters. The summed E-state index contributed by atoms with van der Waals surface area (Å²) in [6.45, 7) is 2.04. The smallest absolute Gasteiger partial charge is 0.117 e. The van der Waals surface area contributed by atoms with E-state index < -0.39 is 0 Å². The SMILES string of the molecule is C[C@H](c1ccc(Cl)cc1Cl)n1nnc2c(CBr)cc(Br)cc21. The van der Waals surface area contributed by atoms with Gasteiger partial charge in [-0.25, -0.2) is 4.68 Å². The molecule has 0 aliphatic rings. The number of fused-ring (bicyclic) bond motifs is 1. The molecule has 0 saturated carbocycles. The Bertz CT molecular complexity index is 848. The minimum absolute atomic E-state index is 0.0488. The molecule has 3 nitrogen and oxygen atoms in total. The normalized spacial score (nSPS) is 12.8. The lowest BCUT2D eigenvalue weighted by Gasteiger charge is -2.15. The van der Waals surface area contributed by atoms with E-state index in [4.69, 9.17) is 23.2 Å². The van der Waals surface area contributed by atoms with Gasteiger partial charge in [0.2, 0.25) is 0 Å². The molecule has 114 valence electrons. The highest BCUT2D eigenvalue weighted by atomic mass is 79.9. The van der Waals surface area contributed by atoms with Crippen LogP contribution in [0.15, 0.2) is 34.8 Å². The first-order valence-corrected chi connectivity index (χ1v) is 9.22. The number of aromatic nitrogens is 3. The number of hydrogen-bond donors (Lipinski definition) is 0. The van der Waals surface area contributed by atoms with Crippen LogP contribution >= 0.6 is 55.1 Å². The molecular formula is C15H11Br2Cl2N3. The van der Waals surface area contributed by atoms with Crippen molar-refractivity contribution in [2.45, 2.75) is 18.3 Å². The van der Waals surface area contributed by atoms with Gasteiger partial charge in [0.1, 0.15) is 5.52 Å². The van der Waals surface area contributed by atoms with Crippen LogP contribution in [-0.4, -0.2) is 15.0 Å². The van der Waals surface area contributed by atoms with Crippen LogP contribution in [0.25, 0.3) is 11.0 Å². The topological polar surface area (TPSA) is 30.7 Å². The molecule has 0 aliphatic carbocycles. The Morgan fingerprint density at radius 3 is 2.68 bits per heavy atom. The molecule has 0 spiro atoms. The number of hydrogen-bond acceptors (Lipinski definition) is 2. The molecule has 0 radical (unpaired) electrons. The van der Waals surface area contributed by atoms with Crippen LogP contribution in [0.1, 0.15) is 24.1 Å². The summed E-state index contributed by atoms with van der Waals surface area (Å²) < 4.78 is 2.87. The van der Waals surface area contributed by atoms with Crippen molar-refractivity contribution >= 4 is 66.1 Å². The van der Waals surface area contributed by atoms with Crippen molar-refractivity contribution < 1.29 is 0 Å². The molecule has 3 aromatic rings. The van der Waals surface area contributed by atoms with Crippen LogP contribution < -0.4 is 0 Å². The second kappa shape index (κ2) is 6.48. The molecule has 0 N–H and O–H groups in total. The average Bonchev–Trinajstić information content (AvgIpc) is 2.89. The van der Waals surface area contributed by atoms with Gasteiger partial charge in [-0.15, -0.1) is 5.10 Å². The maximum absolute atomic E-state index is 6.32. The largest absolute Gasteiger partial charge is 0.237 e. The van der Waals surface area contributed by atoms with Gasteiger partial charge in [-0.2, -0.15) is 0 Å². The highest BCUT2D eigenvalue weighted by Gasteiger charge is 2.18. The summed E-state index contributed by atoms with van der Waals surface area (Å²) in [5.41, 5.74) is 3.89. The Morgan fingerprint density at radius 1 is 1.23 bits per heavy atom. The van der Waals surface area contributed by atoms with E-state index in [9.17, 15) is 0 Å². The Morgan fingerprint density at radius 2 is 2.00 bits per heavy atom. The van der Waals surface area contributed by atoms with E-state index in [2.05, 4.69) is 42.2 Å². The zero-order chi connectivity index (χ0) is 15.9. The third kappa shape index (κ3) is 2.92. The maximum Gasteiger partial charge on any atom is 0.117 e. The predicted octanol–water partition coefficient (Wildman–Crippen LogP) is 6.00. The molecule has 0 saturated heterocycles. The van der Waals surface area contributed by atoms with Crippen molar-refractivity contribution in [3.63, 3.8) is 0 Å². The fourth-order valence-corrected chi connectivity index (χ4v) is 3.92. The second-order valence-electron chi connectivity index (χ2n) is 4.94. The summed E-state index contributed by atoms with van der Waals surface area (Å²) in [6, 6.07) is 9.50. The number of rotatable bonds is 3. The molecular weight excluding hydrogens is 453 g/mol. The number of nitrogens with zero attached hydrogens (tertiary/aromatic N) is 3. The van der Waals surface area contributed by atoms with Gasteiger partial charge in [-0.05, 0) is 42.3 Å².